The van der Waals surface area contributed by atoms with E-state index in [0.29, 0.717) is 10.7 Å². The molecule has 8 heteroatoms. The van der Waals surface area contributed by atoms with Gasteiger partial charge in [0, 0.05) is 30.2 Å². The number of nitrogens with zero attached hydrogens (tertiary/aromatic N) is 5. The number of carbonyl (C=O) groups excluding carboxylic acids is 1. The molecule has 0 N–H and O–H groups in total. The third kappa shape index (κ3) is 4.44. The van der Waals surface area contributed by atoms with Crippen LogP contribution < -0.4 is 4.90 Å². The number of ether oxygens (including phenoxy) is 1. The average molecular weight is 436 g/mol. The Kier molecular flexibility index (Phi) is 5.49. The number of anilines is 1. The molecule has 0 spiro atoms. The predicted octanol–water partition coefficient (Wildman–Crippen LogP) is 5.67. The van der Waals surface area contributed by atoms with Crippen LogP contribution in [0, 0.1) is 0 Å². The summed E-state index contributed by atoms with van der Waals surface area (Å²) in [5.41, 5.74) is 2.69. The molecule has 1 amide bonds. The average Bonchev–Trinajstić information content (AvgIpc) is 3.35. The molecule has 0 radical (unpaired) electrons. The maximum atomic E-state index is 12.8. The highest BCUT2D eigenvalue weighted by Gasteiger charge is 2.27. The van der Waals surface area contributed by atoms with Crippen LogP contribution in [0.4, 0.5) is 9.80 Å². The van der Waals surface area contributed by atoms with Gasteiger partial charge in [-0.3, -0.25) is 4.90 Å². The molecule has 0 aliphatic carbocycles. The van der Waals surface area contributed by atoms with E-state index in [-0.39, 0.29) is 12.1 Å². The number of imidazole rings is 1. The zero-order valence-electron chi connectivity index (χ0n) is 18.2. The number of thiazole rings is 1. The first-order chi connectivity index (χ1) is 14.7. The van der Waals surface area contributed by atoms with Crippen LogP contribution in [0.3, 0.4) is 0 Å². The van der Waals surface area contributed by atoms with Crippen LogP contribution in [0.25, 0.3) is 27.6 Å². The molecule has 1 aromatic carbocycles. The summed E-state index contributed by atoms with van der Waals surface area (Å²) in [5, 5.41) is 1.44. The molecular formula is C23H25N5O2S. The fraction of sp³-hybridized carbons (Fsp3) is 0.304. The third-order valence-corrected chi connectivity index (χ3v) is 5.50. The van der Waals surface area contributed by atoms with Crippen LogP contribution in [0.1, 0.15) is 34.6 Å². The number of fused-ring (bicyclic) bond motifs is 1. The lowest BCUT2D eigenvalue weighted by Crippen LogP contribution is -2.40. The van der Waals surface area contributed by atoms with Crippen LogP contribution in [-0.4, -0.2) is 37.1 Å². The minimum Gasteiger partial charge on any atom is -0.443 e. The van der Waals surface area contributed by atoms with Gasteiger partial charge < -0.3 is 9.14 Å². The van der Waals surface area contributed by atoms with Crippen molar-refractivity contribution in [2.75, 3.05) is 4.90 Å². The molecule has 0 fully saturated rings. The molecule has 4 aromatic rings. The number of aromatic nitrogens is 4. The normalized spacial score (nSPS) is 11.8. The van der Waals surface area contributed by atoms with E-state index >= 15 is 0 Å². The second-order valence-corrected chi connectivity index (χ2v) is 9.46. The van der Waals surface area contributed by atoms with E-state index < -0.39 is 5.60 Å². The van der Waals surface area contributed by atoms with Gasteiger partial charge >= 0.3 is 6.09 Å². The number of rotatable bonds is 4. The molecule has 31 heavy (non-hydrogen) atoms. The van der Waals surface area contributed by atoms with Gasteiger partial charge in [-0.25, -0.2) is 19.7 Å². The summed E-state index contributed by atoms with van der Waals surface area (Å²) < 4.78 is 7.54. The highest BCUT2D eigenvalue weighted by Crippen LogP contribution is 2.34. The van der Waals surface area contributed by atoms with Gasteiger partial charge in [-0.2, -0.15) is 0 Å². The summed E-state index contributed by atoms with van der Waals surface area (Å²) in [4.78, 5) is 28.3. The largest absolute Gasteiger partial charge is 0.443 e. The van der Waals surface area contributed by atoms with Crippen LogP contribution >= 0.6 is 11.3 Å². The van der Waals surface area contributed by atoms with Crippen molar-refractivity contribution in [1.82, 2.24) is 19.4 Å². The van der Waals surface area contributed by atoms with E-state index in [1.54, 1.807) is 17.3 Å². The van der Waals surface area contributed by atoms with Crippen molar-refractivity contribution in [1.29, 1.82) is 0 Å². The highest BCUT2D eigenvalue weighted by molar-refractivity contribution is 7.19. The molecule has 0 aliphatic rings. The first kappa shape index (κ1) is 21.0. The lowest BCUT2D eigenvalue weighted by molar-refractivity contribution is 0.0571. The SMILES string of the molecule is CC(C)N(C(=O)OC(C)(C)C)c1cnc(-c2cn3ccnc3c(-c3ccccc3)n2)s1. The van der Waals surface area contributed by atoms with E-state index in [1.807, 2.05) is 81.7 Å². The van der Waals surface area contributed by atoms with E-state index in [1.165, 1.54) is 11.3 Å². The number of carbonyl (C=O) groups is 1. The maximum Gasteiger partial charge on any atom is 0.415 e. The quantitative estimate of drug-likeness (QED) is 0.413. The summed E-state index contributed by atoms with van der Waals surface area (Å²) in [5.74, 6) is 0. The van der Waals surface area contributed by atoms with Crippen LogP contribution in [0.15, 0.2) is 55.1 Å². The number of amides is 1. The lowest BCUT2D eigenvalue weighted by Gasteiger charge is -2.28. The highest BCUT2D eigenvalue weighted by atomic mass is 32.1. The third-order valence-electron chi connectivity index (χ3n) is 4.48. The maximum absolute atomic E-state index is 12.8. The van der Waals surface area contributed by atoms with Crippen molar-refractivity contribution < 1.29 is 9.53 Å². The summed E-state index contributed by atoms with van der Waals surface area (Å²) in [6.07, 6.45) is 6.86. The van der Waals surface area contributed by atoms with Crippen LogP contribution in [0.2, 0.25) is 0 Å². The zero-order chi connectivity index (χ0) is 22.2. The predicted molar refractivity (Wildman–Crippen MR) is 123 cm³/mol. The van der Waals surface area contributed by atoms with Gasteiger partial charge in [-0.15, -0.1) is 0 Å². The molecule has 3 heterocycles. The zero-order valence-corrected chi connectivity index (χ0v) is 19.1. The molecule has 7 nitrogen and oxygen atoms in total. The van der Waals surface area contributed by atoms with Crippen molar-refractivity contribution in [3.63, 3.8) is 0 Å². The smallest absolute Gasteiger partial charge is 0.415 e. The standard InChI is InChI=1S/C23H25N5O2S/c1-15(2)28(22(29)30-23(3,4)5)18-13-25-21(31-18)17-14-27-12-11-24-20(27)19(26-17)16-9-7-6-8-10-16/h6-15H,1-5H3. The molecule has 0 bridgehead atoms. The van der Waals surface area contributed by atoms with Gasteiger partial charge in [0.15, 0.2) is 5.65 Å². The Labute approximate surface area is 185 Å². The Balaban J connectivity index is 1.74. The van der Waals surface area contributed by atoms with Crippen molar-refractivity contribution in [3.05, 3.63) is 55.1 Å². The number of hydrogen-bond acceptors (Lipinski definition) is 6. The summed E-state index contributed by atoms with van der Waals surface area (Å²) in [7, 11) is 0. The van der Waals surface area contributed by atoms with E-state index in [4.69, 9.17) is 9.72 Å². The molecule has 3 aromatic heterocycles. The first-order valence-corrected chi connectivity index (χ1v) is 10.9. The van der Waals surface area contributed by atoms with Crippen molar-refractivity contribution >= 4 is 28.1 Å². The second kappa shape index (κ2) is 8.11. The Morgan fingerprint density at radius 3 is 2.58 bits per heavy atom. The van der Waals surface area contributed by atoms with Gasteiger partial charge in [0.05, 0.1) is 6.20 Å². The minimum absolute atomic E-state index is 0.0767. The molecule has 0 saturated carbocycles. The van der Waals surface area contributed by atoms with Crippen molar-refractivity contribution in [2.24, 2.45) is 0 Å². The lowest BCUT2D eigenvalue weighted by atomic mass is 10.1. The fourth-order valence-electron chi connectivity index (χ4n) is 3.19. The summed E-state index contributed by atoms with van der Waals surface area (Å²) >= 11 is 1.41. The molecule has 0 atom stereocenters. The summed E-state index contributed by atoms with van der Waals surface area (Å²) in [6, 6.07) is 9.87. The molecule has 4 rings (SSSR count). The second-order valence-electron chi connectivity index (χ2n) is 8.45. The number of hydrogen-bond donors (Lipinski definition) is 0. The monoisotopic (exact) mass is 435 g/mol. The van der Waals surface area contributed by atoms with E-state index in [2.05, 4.69) is 9.97 Å². The van der Waals surface area contributed by atoms with Gasteiger partial charge in [0.25, 0.3) is 0 Å². The molecular weight excluding hydrogens is 410 g/mol. The van der Waals surface area contributed by atoms with Gasteiger partial charge in [-0.1, -0.05) is 41.7 Å². The molecule has 0 unspecified atom stereocenters. The Morgan fingerprint density at radius 1 is 1.16 bits per heavy atom. The Morgan fingerprint density at radius 2 is 1.90 bits per heavy atom. The Hall–Kier alpha value is -3.26. The van der Waals surface area contributed by atoms with E-state index in [9.17, 15) is 4.79 Å². The van der Waals surface area contributed by atoms with Crippen LogP contribution in [0.5, 0.6) is 0 Å². The van der Waals surface area contributed by atoms with Gasteiger partial charge in [0.2, 0.25) is 0 Å². The Bertz CT molecular complexity index is 1210. The summed E-state index contributed by atoms with van der Waals surface area (Å²) in [6.45, 7) is 9.48. The topological polar surface area (TPSA) is 72.6 Å². The van der Waals surface area contributed by atoms with Gasteiger partial charge in [-0.05, 0) is 34.6 Å². The van der Waals surface area contributed by atoms with E-state index in [0.717, 1.165) is 21.9 Å². The van der Waals surface area contributed by atoms with Crippen molar-refractivity contribution in [2.45, 2.75) is 46.3 Å². The fourth-order valence-corrected chi connectivity index (χ4v) is 4.18. The van der Waals surface area contributed by atoms with Crippen LogP contribution in [-0.2, 0) is 4.74 Å². The van der Waals surface area contributed by atoms with Gasteiger partial charge in [0.1, 0.15) is 27.0 Å². The molecule has 160 valence electrons. The minimum atomic E-state index is -0.573. The first-order valence-electron chi connectivity index (χ1n) is 10.1. The number of benzene rings is 1. The molecule has 0 saturated heterocycles. The van der Waals surface area contributed by atoms with Crippen molar-refractivity contribution in [3.8, 4) is 22.0 Å². The molecule has 0 aliphatic heterocycles.